The molecule has 0 saturated carbocycles. The van der Waals surface area contributed by atoms with E-state index in [0.717, 1.165) is 18.0 Å². The van der Waals surface area contributed by atoms with E-state index in [0.29, 0.717) is 38.0 Å². The average Bonchev–Trinajstić information content (AvgIpc) is 2.62. The molecule has 0 unspecified atom stereocenters. The van der Waals surface area contributed by atoms with Gasteiger partial charge >= 0.3 is 0 Å². The summed E-state index contributed by atoms with van der Waals surface area (Å²) in [5, 5.41) is 0. The van der Waals surface area contributed by atoms with Crippen LogP contribution in [0.3, 0.4) is 0 Å². The molecule has 0 spiro atoms. The van der Waals surface area contributed by atoms with Crippen molar-refractivity contribution in [2.24, 2.45) is 0 Å². The smallest absolute Gasteiger partial charge is 0.267 e. The third-order valence-corrected chi connectivity index (χ3v) is 4.21. The van der Waals surface area contributed by atoms with Crippen LogP contribution in [0.2, 0.25) is 0 Å². The van der Waals surface area contributed by atoms with Gasteiger partial charge in [0, 0.05) is 38.1 Å². The molecule has 3 heterocycles. The van der Waals surface area contributed by atoms with Gasteiger partial charge in [-0.25, -0.2) is 28.1 Å². The SMILES string of the molecule is CC(C)c1ccnc(N2CCN(c3ncc(F)cc3C(F)F)CC2)n1. The van der Waals surface area contributed by atoms with Crippen molar-refractivity contribution >= 4 is 11.8 Å². The number of piperazine rings is 1. The molecule has 0 bridgehead atoms. The summed E-state index contributed by atoms with van der Waals surface area (Å²) in [4.78, 5) is 16.5. The van der Waals surface area contributed by atoms with Crippen molar-refractivity contribution in [1.29, 1.82) is 0 Å². The molecule has 0 aromatic carbocycles. The molecule has 25 heavy (non-hydrogen) atoms. The molecule has 3 rings (SSSR count). The highest BCUT2D eigenvalue weighted by Gasteiger charge is 2.25. The summed E-state index contributed by atoms with van der Waals surface area (Å²) < 4.78 is 39.5. The van der Waals surface area contributed by atoms with Gasteiger partial charge in [0.1, 0.15) is 11.6 Å². The summed E-state index contributed by atoms with van der Waals surface area (Å²) in [7, 11) is 0. The summed E-state index contributed by atoms with van der Waals surface area (Å²) in [6.07, 6.45) is -0.0502. The van der Waals surface area contributed by atoms with Gasteiger partial charge in [-0.05, 0) is 18.1 Å². The zero-order valence-electron chi connectivity index (χ0n) is 14.2. The largest absolute Gasteiger partial charge is 0.353 e. The first-order valence-corrected chi connectivity index (χ1v) is 8.22. The fourth-order valence-electron chi connectivity index (χ4n) is 2.83. The van der Waals surface area contributed by atoms with Gasteiger partial charge < -0.3 is 9.80 Å². The van der Waals surface area contributed by atoms with Crippen LogP contribution in [0.5, 0.6) is 0 Å². The van der Waals surface area contributed by atoms with E-state index in [4.69, 9.17) is 0 Å². The number of hydrogen-bond donors (Lipinski definition) is 0. The number of pyridine rings is 1. The van der Waals surface area contributed by atoms with Gasteiger partial charge in [0.15, 0.2) is 0 Å². The Morgan fingerprint density at radius 2 is 1.72 bits per heavy atom. The van der Waals surface area contributed by atoms with Gasteiger partial charge in [0.05, 0.1) is 11.8 Å². The molecule has 1 aliphatic heterocycles. The third-order valence-electron chi connectivity index (χ3n) is 4.21. The maximum Gasteiger partial charge on any atom is 0.267 e. The number of anilines is 2. The van der Waals surface area contributed by atoms with Crippen molar-refractivity contribution in [3.63, 3.8) is 0 Å². The maximum absolute atomic E-state index is 13.2. The first-order chi connectivity index (χ1) is 12.0. The van der Waals surface area contributed by atoms with Crippen LogP contribution in [0, 0.1) is 5.82 Å². The second-order valence-electron chi connectivity index (χ2n) is 6.28. The van der Waals surface area contributed by atoms with E-state index < -0.39 is 12.2 Å². The molecular weight excluding hydrogens is 331 g/mol. The van der Waals surface area contributed by atoms with Crippen LogP contribution in [-0.4, -0.2) is 41.1 Å². The predicted molar refractivity (Wildman–Crippen MR) is 89.7 cm³/mol. The van der Waals surface area contributed by atoms with Gasteiger partial charge in [-0.2, -0.15) is 0 Å². The number of hydrogen-bond acceptors (Lipinski definition) is 5. The number of rotatable bonds is 4. The molecule has 0 amide bonds. The Hall–Kier alpha value is -2.38. The zero-order valence-corrected chi connectivity index (χ0v) is 14.2. The summed E-state index contributed by atoms with van der Waals surface area (Å²) in [6, 6.07) is 2.75. The van der Waals surface area contributed by atoms with Gasteiger partial charge in [-0.15, -0.1) is 0 Å². The lowest BCUT2D eigenvalue weighted by atomic mass is 10.1. The number of nitrogens with zero attached hydrogens (tertiary/aromatic N) is 5. The molecule has 5 nitrogen and oxygen atoms in total. The van der Waals surface area contributed by atoms with Gasteiger partial charge in [0.2, 0.25) is 5.95 Å². The quantitative estimate of drug-likeness (QED) is 0.845. The number of alkyl halides is 2. The lowest BCUT2D eigenvalue weighted by Gasteiger charge is -2.36. The third kappa shape index (κ3) is 3.83. The molecule has 0 atom stereocenters. The highest BCUT2D eigenvalue weighted by atomic mass is 19.3. The van der Waals surface area contributed by atoms with Crippen LogP contribution in [0.25, 0.3) is 0 Å². The normalized spacial score (nSPS) is 15.3. The van der Waals surface area contributed by atoms with Crippen LogP contribution in [0.1, 0.15) is 37.4 Å². The van der Waals surface area contributed by atoms with E-state index >= 15 is 0 Å². The van der Waals surface area contributed by atoms with Crippen molar-refractivity contribution in [3.8, 4) is 0 Å². The fourth-order valence-corrected chi connectivity index (χ4v) is 2.83. The van der Waals surface area contributed by atoms with Gasteiger partial charge in [0.25, 0.3) is 6.43 Å². The van der Waals surface area contributed by atoms with Crippen LogP contribution in [0.4, 0.5) is 24.9 Å². The van der Waals surface area contributed by atoms with Crippen LogP contribution in [0.15, 0.2) is 24.5 Å². The predicted octanol–water partition coefficient (Wildman–Crippen LogP) is 3.40. The molecule has 2 aromatic rings. The van der Waals surface area contributed by atoms with E-state index in [1.54, 1.807) is 11.1 Å². The molecule has 1 aliphatic rings. The summed E-state index contributed by atoms with van der Waals surface area (Å²) >= 11 is 0. The second-order valence-corrected chi connectivity index (χ2v) is 6.28. The van der Waals surface area contributed by atoms with Gasteiger partial charge in [-0.3, -0.25) is 0 Å². The van der Waals surface area contributed by atoms with E-state index in [1.165, 1.54) is 0 Å². The Kier molecular flexibility index (Phi) is 5.06. The average molecular weight is 351 g/mol. The summed E-state index contributed by atoms with van der Waals surface area (Å²) in [5.41, 5.74) is 0.596. The van der Waals surface area contributed by atoms with Crippen molar-refractivity contribution in [2.45, 2.75) is 26.2 Å². The Bertz CT molecular complexity index is 730. The zero-order chi connectivity index (χ0) is 18.0. The van der Waals surface area contributed by atoms with E-state index in [2.05, 4.69) is 28.8 Å². The molecule has 0 N–H and O–H groups in total. The monoisotopic (exact) mass is 351 g/mol. The molecule has 0 radical (unpaired) electrons. The Balaban J connectivity index is 1.73. The standard InChI is InChI=1S/C17H20F3N5/c1-11(2)14-3-4-21-17(23-14)25-7-5-24(6-8-25)16-13(15(19)20)9-12(18)10-22-16/h3-4,9-11,15H,5-8H2,1-2H3. The minimum Gasteiger partial charge on any atom is -0.353 e. The minimum atomic E-state index is -2.76. The lowest BCUT2D eigenvalue weighted by Crippen LogP contribution is -2.47. The number of aromatic nitrogens is 3. The van der Waals surface area contributed by atoms with Crippen molar-refractivity contribution in [2.75, 3.05) is 36.0 Å². The lowest BCUT2D eigenvalue weighted by molar-refractivity contribution is 0.151. The molecule has 2 aromatic heterocycles. The van der Waals surface area contributed by atoms with E-state index in [1.807, 2.05) is 11.0 Å². The molecule has 0 aliphatic carbocycles. The highest BCUT2D eigenvalue weighted by Crippen LogP contribution is 2.29. The first kappa shape index (κ1) is 17.4. The maximum atomic E-state index is 13.2. The first-order valence-electron chi connectivity index (χ1n) is 8.22. The second kappa shape index (κ2) is 7.25. The van der Waals surface area contributed by atoms with Crippen molar-refractivity contribution in [1.82, 2.24) is 15.0 Å². The van der Waals surface area contributed by atoms with Crippen LogP contribution in [-0.2, 0) is 0 Å². The number of halogens is 3. The molecule has 134 valence electrons. The minimum absolute atomic E-state index is 0.146. The van der Waals surface area contributed by atoms with Crippen molar-refractivity contribution in [3.05, 3.63) is 41.6 Å². The van der Waals surface area contributed by atoms with Crippen molar-refractivity contribution < 1.29 is 13.2 Å². The van der Waals surface area contributed by atoms with E-state index in [9.17, 15) is 13.2 Å². The fraction of sp³-hybridized carbons (Fsp3) is 0.471. The summed E-state index contributed by atoms with van der Waals surface area (Å²) in [5.74, 6) is 0.344. The molecule has 8 heteroatoms. The molecule has 1 fully saturated rings. The topological polar surface area (TPSA) is 45.2 Å². The Morgan fingerprint density at radius 1 is 1.04 bits per heavy atom. The highest BCUT2D eigenvalue weighted by molar-refractivity contribution is 5.49. The Labute approximate surface area is 144 Å². The Morgan fingerprint density at radius 3 is 2.36 bits per heavy atom. The summed E-state index contributed by atoms with van der Waals surface area (Å²) in [6.45, 7) is 6.29. The van der Waals surface area contributed by atoms with E-state index in [-0.39, 0.29) is 11.4 Å². The molecular formula is C17H20F3N5. The van der Waals surface area contributed by atoms with Gasteiger partial charge in [-0.1, -0.05) is 13.8 Å². The molecule has 1 saturated heterocycles. The van der Waals surface area contributed by atoms with Crippen LogP contribution >= 0.6 is 0 Å². The van der Waals surface area contributed by atoms with Crippen LogP contribution < -0.4 is 9.80 Å².